The SMILES string of the molecule is CCc1ccc(NC(=O)CCS(=O)(=O)c2ccc3c(c2)NC(=O)C(CC)S3)cc1. The first kappa shape index (κ1) is 21.4. The van der Waals surface area contributed by atoms with Crippen molar-refractivity contribution in [2.45, 2.75) is 48.2 Å². The van der Waals surface area contributed by atoms with E-state index >= 15 is 0 Å². The van der Waals surface area contributed by atoms with Crippen molar-refractivity contribution in [3.63, 3.8) is 0 Å². The maximum Gasteiger partial charge on any atom is 0.237 e. The van der Waals surface area contributed by atoms with Crippen LogP contribution in [0.15, 0.2) is 52.3 Å². The van der Waals surface area contributed by atoms with Gasteiger partial charge in [0.2, 0.25) is 11.8 Å². The van der Waals surface area contributed by atoms with Crippen molar-refractivity contribution >= 4 is 44.8 Å². The summed E-state index contributed by atoms with van der Waals surface area (Å²) in [6.07, 6.45) is 1.46. The average Bonchev–Trinajstić information content (AvgIpc) is 2.72. The Morgan fingerprint density at radius 2 is 1.86 bits per heavy atom. The number of benzene rings is 2. The molecule has 0 aliphatic carbocycles. The molecule has 2 aromatic carbocycles. The second kappa shape index (κ2) is 9.00. The van der Waals surface area contributed by atoms with Crippen LogP contribution in [-0.2, 0) is 25.8 Å². The fourth-order valence-corrected chi connectivity index (χ4v) is 5.27. The molecule has 6 nitrogen and oxygen atoms in total. The number of amides is 2. The molecule has 29 heavy (non-hydrogen) atoms. The Balaban J connectivity index is 1.64. The number of hydrogen-bond acceptors (Lipinski definition) is 5. The molecule has 1 aliphatic rings. The summed E-state index contributed by atoms with van der Waals surface area (Å²) in [6.45, 7) is 3.98. The fraction of sp³-hybridized carbons (Fsp3) is 0.333. The Labute approximate surface area is 175 Å². The van der Waals surface area contributed by atoms with Crippen molar-refractivity contribution in [2.75, 3.05) is 16.4 Å². The highest BCUT2D eigenvalue weighted by Crippen LogP contribution is 2.38. The number of thioether (sulfide) groups is 1. The van der Waals surface area contributed by atoms with Crippen LogP contribution in [0.1, 0.15) is 32.3 Å². The van der Waals surface area contributed by atoms with Crippen LogP contribution >= 0.6 is 11.8 Å². The van der Waals surface area contributed by atoms with Gasteiger partial charge in [-0.25, -0.2) is 8.42 Å². The van der Waals surface area contributed by atoms with E-state index in [-0.39, 0.29) is 34.1 Å². The van der Waals surface area contributed by atoms with Gasteiger partial charge in [-0.1, -0.05) is 26.0 Å². The fourth-order valence-electron chi connectivity index (χ4n) is 2.98. The molecule has 3 rings (SSSR count). The lowest BCUT2D eigenvalue weighted by Crippen LogP contribution is -2.28. The van der Waals surface area contributed by atoms with Crippen LogP contribution in [0.4, 0.5) is 11.4 Å². The summed E-state index contributed by atoms with van der Waals surface area (Å²) in [7, 11) is -3.65. The van der Waals surface area contributed by atoms with Crippen molar-refractivity contribution in [1.82, 2.24) is 0 Å². The van der Waals surface area contributed by atoms with Crippen LogP contribution in [0.5, 0.6) is 0 Å². The van der Waals surface area contributed by atoms with Gasteiger partial charge in [-0.3, -0.25) is 9.59 Å². The van der Waals surface area contributed by atoms with Gasteiger partial charge in [0.1, 0.15) is 0 Å². The Kier molecular flexibility index (Phi) is 6.64. The molecule has 8 heteroatoms. The highest BCUT2D eigenvalue weighted by atomic mass is 32.2. The summed E-state index contributed by atoms with van der Waals surface area (Å²) in [5, 5.41) is 5.33. The maximum atomic E-state index is 12.7. The van der Waals surface area contributed by atoms with Crippen molar-refractivity contribution in [2.24, 2.45) is 0 Å². The van der Waals surface area contributed by atoms with Gasteiger partial charge in [-0.15, -0.1) is 11.8 Å². The lowest BCUT2D eigenvalue weighted by Gasteiger charge is -2.23. The average molecular weight is 433 g/mol. The first-order valence-corrected chi connectivity index (χ1v) is 12.1. The Hall–Kier alpha value is -2.32. The molecule has 0 bridgehead atoms. The number of fused-ring (bicyclic) bond motifs is 1. The number of carbonyl (C=O) groups excluding carboxylic acids is 2. The van der Waals surface area contributed by atoms with Gasteiger partial charge in [0, 0.05) is 17.0 Å². The largest absolute Gasteiger partial charge is 0.326 e. The predicted molar refractivity (Wildman–Crippen MR) is 116 cm³/mol. The standard InChI is InChI=1S/C21H24N2O4S2/c1-3-14-5-7-15(8-6-14)22-20(24)11-12-29(26,27)16-9-10-19-17(13-16)23-21(25)18(4-2)28-19/h5-10,13,18H,3-4,11-12H2,1-2H3,(H,22,24)(H,23,25). The summed E-state index contributed by atoms with van der Waals surface area (Å²) >= 11 is 1.44. The van der Waals surface area contributed by atoms with Crippen molar-refractivity contribution in [3.8, 4) is 0 Å². The van der Waals surface area contributed by atoms with Gasteiger partial charge in [0.05, 0.1) is 21.6 Å². The van der Waals surface area contributed by atoms with Crippen molar-refractivity contribution in [1.29, 1.82) is 0 Å². The number of nitrogens with one attached hydrogen (secondary N) is 2. The number of sulfone groups is 1. The normalized spacial score (nSPS) is 16.1. The smallest absolute Gasteiger partial charge is 0.237 e. The minimum absolute atomic E-state index is 0.104. The monoisotopic (exact) mass is 432 g/mol. The summed E-state index contributed by atoms with van der Waals surface area (Å²) in [5.41, 5.74) is 2.31. The molecule has 1 unspecified atom stereocenters. The molecule has 0 saturated carbocycles. The molecule has 2 N–H and O–H groups in total. The van der Waals surface area contributed by atoms with Crippen LogP contribution in [0.3, 0.4) is 0 Å². The molecule has 0 aromatic heterocycles. The van der Waals surface area contributed by atoms with E-state index in [1.807, 2.05) is 26.0 Å². The van der Waals surface area contributed by atoms with Gasteiger partial charge in [-0.2, -0.15) is 0 Å². The molecule has 1 aliphatic heterocycles. The molecular weight excluding hydrogens is 408 g/mol. The van der Waals surface area contributed by atoms with E-state index in [1.54, 1.807) is 18.2 Å². The molecule has 1 heterocycles. The number of hydrogen-bond donors (Lipinski definition) is 2. The third-order valence-electron chi connectivity index (χ3n) is 4.74. The summed E-state index contributed by atoms with van der Waals surface area (Å²) < 4.78 is 25.3. The molecule has 0 radical (unpaired) electrons. The lowest BCUT2D eigenvalue weighted by atomic mass is 10.1. The van der Waals surface area contributed by atoms with Crippen LogP contribution in [0.25, 0.3) is 0 Å². The molecule has 1 atom stereocenters. The Morgan fingerprint density at radius 1 is 1.14 bits per heavy atom. The van der Waals surface area contributed by atoms with Crippen molar-refractivity contribution in [3.05, 3.63) is 48.0 Å². The quantitative estimate of drug-likeness (QED) is 0.693. The van der Waals surface area contributed by atoms with Crippen LogP contribution in [0, 0.1) is 0 Å². The van der Waals surface area contributed by atoms with Crippen molar-refractivity contribution < 1.29 is 18.0 Å². The zero-order valence-electron chi connectivity index (χ0n) is 16.4. The lowest BCUT2D eigenvalue weighted by molar-refractivity contribution is -0.116. The first-order chi connectivity index (χ1) is 13.8. The van der Waals surface area contributed by atoms with Gasteiger partial charge < -0.3 is 10.6 Å². The Bertz CT molecular complexity index is 1020. The summed E-state index contributed by atoms with van der Waals surface area (Å²) in [4.78, 5) is 25.2. The van der Waals surface area contributed by atoms with E-state index in [0.717, 1.165) is 16.9 Å². The second-order valence-electron chi connectivity index (χ2n) is 6.83. The van der Waals surface area contributed by atoms with E-state index in [1.165, 1.54) is 23.9 Å². The van der Waals surface area contributed by atoms with E-state index in [2.05, 4.69) is 10.6 Å². The van der Waals surface area contributed by atoms with E-state index in [4.69, 9.17) is 0 Å². The van der Waals surface area contributed by atoms with Gasteiger partial charge in [-0.05, 0) is 48.7 Å². The highest BCUT2D eigenvalue weighted by Gasteiger charge is 2.27. The van der Waals surface area contributed by atoms with Gasteiger partial charge in [0.25, 0.3) is 0 Å². The molecule has 0 fully saturated rings. The van der Waals surface area contributed by atoms with Gasteiger partial charge >= 0.3 is 0 Å². The number of anilines is 2. The van der Waals surface area contributed by atoms with Gasteiger partial charge in [0.15, 0.2) is 9.84 Å². The third kappa shape index (κ3) is 5.19. The summed E-state index contributed by atoms with van der Waals surface area (Å²) in [5.74, 6) is -0.776. The minimum Gasteiger partial charge on any atom is -0.326 e. The molecule has 0 saturated heterocycles. The highest BCUT2D eigenvalue weighted by molar-refractivity contribution is 8.01. The zero-order chi connectivity index (χ0) is 21.0. The van der Waals surface area contributed by atoms with Crippen LogP contribution in [0.2, 0.25) is 0 Å². The predicted octanol–water partition coefficient (Wildman–Crippen LogP) is 3.87. The van der Waals surface area contributed by atoms with Crippen LogP contribution in [-0.4, -0.2) is 31.2 Å². The molecule has 2 amide bonds. The Morgan fingerprint density at radius 3 is 2.52 bits per heavy atom. The number of rotatable bonds is 7. The number of aryl methyl sites for hydroxylation is 1. The molecule has 0 spiro atoms. The zero-order valence-corrected chi connectivity index (χ0v) is 18.0. The second-order valence-corrected chi connectivity index (χ2v) is 10.2. The van der Waals surface area contributed by atoms with E-state index < -0.39 is 9.84 Å². The van der Waals surface area contributed by atoms with Crippen LogP contribution < -0.4 is 10.6 Å². The topological polar surface area (TPSA) is 92.3 Å². The minimum atomic E-state index is -3.65. The van der Waals surface area contributed by atoms with E-state index in [9.17, 15) is 18.0 Å². The first-order valence-electron chi connectivity index (χ1n) is 9.55. The summed E-state index contributed by atoms with van der Waals surface area (Å²) in [6, 6.07) is 12.2. The number of carbonyl (C=O) groups is 2. The molecule has 154 valence electrons. The van der Waals surface area contributed by atoms with E-state index in [0.29, 0.717) is 17.8 Å². The molecular formula is C21H24N2O4S2. The third-order valence-corrected chi connectivity index (χ3v) is 7.90. The molecule has 2 aromatic rings. The maximum absolute atomic E-state index is 12.7.